The lowest BCUT2D eigenvalue weighted by Crippen LogP contribution is -1.93. The van der Waals surface area contributed by atoms with Crippen LogP contribution in [0.25, 0.3) is 21.6 Å². The van der Waals surface area contributed by atoms with Crippen LogP contribution < -0.4 is 0 Å². The molecule has 19 heavy (non-hydrogen) atoms. The first-order chi connectivity index (χ1) is 9.22. The topological polar surface area (TPSA) is 91.9 Å². The molecule has 6 nitrogen and oxygen atoms in total. The average molecular weight is 252 g/mol. The zero-order valence-corrected chi connectivity index (χ0v) is 9.72. The number of benzene rings is 2. The van der Waals surface area contributed by atoms with E-state index in [1.165, 1.54) is 12.1 Å². The first-order valence-electron chi connectivity index (χ1n) is 5.64. The predicted octanol–water partition coefficient (Wildman–Crippen LogP) is 3.97. The monoisotopic (exact) mass is 252 g/mol. The molecule has 0 N–H and O–H groups in total. The summed E-state index contributed by atoms with van der Waals surface area (Å²) in [5.74, 6) is 0. The Morgan fingerprint density at radius 3 is 2.63 bits per heavy atom. The molecule has 1 aliphatic carbocycles. The Kier molecular flexibility index (Phi) is 2.44. The van der Waals surface area contributed by atoms with E-state index in [2.05, 4.69) is 10.0 Å². The normalized spacial score (nSPS) is 15.3. The van der Waals surface area contributed by atoms with Gasteiger partial charge in [-0.3, -0.25) is 10.1 Å². The van der Waals surface area contributed by atoms with Gasteiger partial charge in [-0.25, -0.2) is 0 Å². The molecule has 0 radical (unpaired) electrons. The summed E-state index contributed by atoms with van der Waals surface area (Å²) in [6.07, 6.45) is 0. The number of non-ortho nitro benzene ring substituents is 1. The smallest absolute Gasteiger partial charge is 0.258 e. The zero-order valence-electron chi connectivity index (χ0n) is 9.72. The van der Waals surface area contributed by atoms with Crippen LogP contribution in [-0.2, 0) is 0 Å². The van der Waals surface area contributed by atoms with Gasteiger partial charge in [0.15, 0.2) is 0 Å². The Morgan fingerprint density at radius 1 is 1.16 bits per heavy atom. The van der Waals surface area contributed by atoms with Crippen LogP contribution in [0.3, 0.4) is 0 Å². The second-order valence-corrected chi connectivity index (χ2v) is 4.22. The SMILES string of the molecule is [N-]=[N+]=N[C@H]1c2ccccc2-c2ccc([N+](=O)[O-])cc21. The van der Waals surface area contributed by atoms with E-state index in [4.69, 9.17) is 5.53 Å². The number of rotatable bonds is 2. The highest BCUT2D eigenvalue weighted by Crippen LogP contribution is 2.46. The minimum Gasteiger partial charge on any atom is -0.258 e. The first kappa shape index (κ1) is 11.3. The van der Waals surface area contributed by atoms with Crippen LogP contribution in [0, 0.1) is 10.1 Å². The van der Waals surface area contributed by atoms with E-state index in [0.29, 0.717) is 5.56 Å². The van der Waals surface area contributed by atoms with E-state index in [-0.39, 0.29) is 5.69 Å². The van der Waals surface area contributed by atoms with Gasteiger partial charge in [-0.1, -0.05) is 29.4 Å². The molecule has 1 atom stereocenters. The van der Waals surface area contributed by atoms with E-state index in [1.807, 2.05) is 24.3 Å². The average Bonchev–Trinajstić information content (AvgIpc) is 2.74. The highest BCUT2D eigenvalue weighted by atomic mass is 16.6. The van der Waals surface area contributed by atoms with Gasteiger partial charge in [0.05, 0.1) is 11.0 Å². The van der Waals surface area contributed by atoms with Crippen molar-refractivity contribution in [3.63, 3.8) is 0 Å². The van der Waals surface area contributed by atoms with Gasteiger partial charge in [0.2, 0.25) is 0 Å². The molecule has 2 aromatic rings. The van der Waals surface area contributed by atoms with Gasteiger partial charge in [-0.2, -0.15) is 0 Å². The molecule has 0 spiro atoms. The summed E-state index contributed by atoms with van der Waals surface area (Å²) in [6, 6.07) is 11.7. The van der Waals surface area contributed by atoms with E-state index in [9.17, 15) is 10.1 Å². The summed E-state index contributed by atoms with van der Waals surface area (Å²) < 4.78 is 0. The third-order valence-electron chi connectivity index (χ3n) is 3.25. The Morgan fingerprint density at radius 2 is 1.89 bits per heavy atom. The van der Waals surface area contributed by atoms with Crippen molar-refractivity contribution in [1.29, 1.82) is 0 Å². The molecule has 0 unspecified atom stereocenters. The second kappa shape index (κ2) is 4.12. The zero-order chi connectivity index (χ0) is 13.4. The van der Waals surface area contributed by atoms with Crippen LogP contribution in [0.5, 0.6) is 0 Å². The molecule has 0 fully saturated rings. The molecule has 0 saturated carbocycles. The molecule has 0 amide bonds. The molecule has 0 bridgehead atoms. The number of hydrogen-bond donors (Lipinski definition) is 0. The van der Waals surface area contributed by atoms with Crippen LogP contribution in [0.2, 0.25) is 0 Å². The molecule has 6 heteroatoms. The number of hydrogen-bond acceptors (Lipinski definition) is 3. The second-order valence-electron chi connectivity index (χ2n) is 4.22. The van der Waals surface area contributed by atoms with Gasteiger partial charge in [0, 0.05) is 17.0 Å². The molecule has 3 rings (SSSR count). The van der Waals surface area contributed by atoms with Crippen LogP contribution in [0.4, 0.5) is 5.69 Å². The standard InChI is InChI=1S/C13H8N4O2/c14-16-15-13-11-4-2-1-3-9(11)10-6-5-8(17(18)19)7-12(10)13/h1-7,13H/t13-/m0/s1. The minimum absolute atomic E-state index is 0.00435. The highest BCUT2D eigenvalue weighted by molar-refractivity contribution is 5.79. The van der Waals surface area contributed by atoms with Crippen LogP contribution >= 0.6 is 0 Å². The lowest BCUT2D eigenvalue weighted by molar-refractivity contribution is -0.384. The molecule has 2 aromatic carbocycles. The third-order valence-corrected chi connectivity index (χ3v) is 3.25. The summed E-state index contributed by atoms with van der Waals surface area (Å²) >= 11 is 0. The van der Waals surface area contributed by atoms with Gasteiger partial charge in [-0.05, 0) is 33.9 Å². The Balaban J connectivity index is 2.28. The van der Waals surface area contributed by atoms with Gasteiger partial charge < -0.3 is 0 Å². The number of azide groups is 1. The molecule has 0 heterocycles. The fourth-order valence-electron chi connectivity index (χ4n) is 2.46. The van der Waals surface area contributed by atoms with Crippen molar-refractivity contribution in [2.75, 3.05) is 0 Å². The fourth-order valence-corrected chi connectivity index (χ4v) is 2.46. The van der Waals surface area contributed by atoms with Gasteiger partial charge in [0.1, 0.15) is 0 Å². The largest absolute Gasteiger partial charge is 0.269 e. The molecule has 1 aliphatic rings. The van der Waals surface area contributed by atoms with Gasteiger partial charge in [-0.15, -0.1) is 0 Å². The van der Waals surface area contributed by atoms with Crippen molar-refractivity contribution in [2.24, 2.45) is 5.11 Å². The quantitative estimate of drug-likeness (QED) is 0.266. The number of nitrogens with zero attached hydrogens (tertiary/aromatic N) is 4. The first-order valence-corrected chi connectivity index (χ1v) is 5.64. The lowest BCUT2D eigenvalue weighted by atomic mass is 10.1. The Bertz CT molecular complexity index is 735. The molecule has 0 aliphatic heterocycles. The fraction of sp³-hybridized carbons (Fsp3) is 0.0769. The van der Waals surface area contributed by atoms with E-state index < -0.39 is 11.0 Å². The minimum atomic E-state index is -0.490. The van der Waals surface area contributed by atoms with Crippen molar-refractivity contribution < 1.29 is 4.92 Å². The molecular formula is C13H8N4O2. The molecule has 0 saturated heterocycles. The van der Waals surface area contributed by atoms with Crippen LogP contribution in [0.1, 0.15) is 17.2 Å². The maximum absolute atomic E-state index is 10.8. The molecule has 92 valence electrons. The third kappa shape index (κ3) is 1.63. The summed E-state index contributed by atoms with van der Waals surface area (Å²) in [5.41, 5.74) is 12.1. The predicted molar refractivity (Wildman–Crippen MR) is 69.5 cm³/mol. The van der Waals surface area contributed by atoms with Crippen LogP contribution in [0.15, 0.2) is 47.6 Å². The summed E-state index contributed by atoms with van der Waals surface area (Å²) in [6.45, 7) is 0. The number of nitro benzene ring substituents is 1. The maximum Gasteiger partial charge on any atom is 0.269 e. The van der Waals surface area contributed by atoms with Crippen molar-refractivity contribution >= 4 is 5.69 Å². The maximum atomic E-state index is 10.8. The summed E-state index contributed by atoms with van der Waals surface area (Å²) in [7, 11) is 0. The van der Waals surface area contributed by atoms with E-state index >= 15 is 0 Å². The van der Waals surface area contributed by atoms with E-state index in [0.717, 1.165) is 16.7 Å². The van der Waals surface area contributed by atoms with Crippen LogP contribution in [-0.4, -0.2) is 4.92 Å². The van der Waals surface area contributed by atoms with Gasteiger partial charge in [0.25, 0.3) is 5.69 Å². The van der Waals surface area contributed by atoms with Crippen molar-refractivity contribution in [3.8, 4) is 11.1 Å². The highest BCUT2D eigenvalue weighted by Gasteiger charge is 2.29. The summed E-state index contributed by atoms with van der Waals surface area (Å²) in [4.78, 5) is 13.2. The van der Waals surface area contributed by atoms with Crippen molar-refractivity contribution in [2.45, 2.75) is 6.04 Å². The van der Waals surface area contributed by atoms with E-state index in [1.54, 1.807) is 6.07 Å². The molecular weight excluding hydrogens is 244 g/mol. The van der Waals surface area contributed by atoms with Crippen molar-refractivity contribution in [3.05, 3.63) is 74.1 Å². The van der Waals surface area contributed by atoms with Gasteiger partial charge >= 0.3 is 0 Å². The Hall–Kier alpha value is -2.85. The summed E-state index contributed by atoms with van der Waals surface area (Å²) in [5, 5.41) is 14.6. The van der Waals surface area contributed by atoms with Crippen molar-refractivity contribution in [1.82, 2.24) is 0 Å². The molecule has 0 aromatic heterocycles. The number of nitro groups is 1. The lowest BCUT2D eigenvalue weighted by Gasteiger charge is -2.05. The number of fused-ring (bicyclic) bond motifs is 3. The Labute approximate surface area is 108 Å².